The topological polar surface area (TPSA) is 64.3 Å². The summed E-state index contributed by atoms with van der Waals surface area (Å²) in [6.45, 7) is 4.42. The molecule has 1 amide bonds. The number of methoxy groups -OCH3 is 1. The second-order valence-electron chi connectivity index (χ2n) is 5.11. The smallest absolute Gasteiger partial charge is 0.223 e. The zero-order chi connectivity index (χ0) is 15.1. The summed E-state index contributed by atoms with van der Waals surface area (Å²) >= 11 is 6.21. The van der Waals surface area contributed by atoms with E-state index in [0.29, 0.717) is 11.6 Å². The van der Waals surface area contributed by atoms with E-state index in [2.05, 4.69) is 5.32 Å². The van der Waals surface area contributed by atoms with Crippen LogP contribution in [0.15, 0.2) is 24.3 Å². The number of benzene rings is 1. The van der Waals surface area contributed by atoms with E-state index in [0.717, 1.165) is 5.56 Å². The van der Waals surface area contributed by atoms with Gasteiger partial charge in [-0.15, -0.1) is 12.4 Å². The molecular weight excluding hydrogens is 311 g/mol. The van der Waals surface area contributed by atoms with Gasteiger partial charge in [0.15, 0.2) is 0 Å². The van der Waals surface area contributed by atoms with Crippen LogP contribution in [0.2, 0.25) is 5.02 Å². The molecule has 1 aromatic carbocycles. The van der Waals surface area contributed by atoms with Gasteiger partial charge in [-0.2, -0.15) is 0 Å². The van der Waals surface area contributed by atoms with E-state index in [1.165, 1.54) is 0 Å². The highest BCUT2D eigenvalue weighted by molar-refractivity contribution is 6.31. The molecule has 0 aliphatic heterocycles. The molecule has 4 nitrogen and oxygen atoms in total. The van der Waals surface area contributed by atoms with Gasteiger partial charge < -0.3 is 15.8 Å². The van der Waals surface area contributed by atoms with Crippen LogP contribution in [0.25, 0.3) is 0 Å². The highest BCUT2D eigenvalue weighted by Gasteiger charge is 2.21. The second-order valence-corrected chi connectivity index (χ2v) is 5.52. The molecule has 0 aliphatic rings. The lowest BCUT2D eigenvalue weighted by atomic mass is 9.95. The predicted molar refractivity (Wildman–Crippen MR) is 88.9 cm³/mol. The van der Waals surface area contributed by atoms with Gasteiger partial charge in [-0.05, 0) is 17.5 Å². The van der Waals surface area contributed by atoms with E-state index in [9.17, 15) is 4.79 Å². The average molecular weight is 335 g/mol. The number of hydrogen-bond acceptors (Lipinski definition) is 3. The van der Waals surface area contributed by atoms with Crippen molar-refractivity contribution in [2.45, 2.75) is 32.4 Å². The molecule has 1 rings (SSSR count). The molecule has 1 aromatic rings. The fourth-order valence-electron chi connectivity index (χ4n) is 2.03. The summed E-state index contributed by atoms with van der Waals surface area (Å²) in [5.74, 6) is 0.152. The molecule has 21 heavy (non-hydrogen) atoms. The molecule has 0 aromatic heterocycles. The maximum absolute atomic E-state index is 12.1. The number of carbonyl (C=O) groups is 1. The van der Waals surface area contributed by atoms with Crippen molar-refractivity contribution in [1.29, 1.82) is 0 Å². The number of carbonyl (C=O) groups excluding carboxylic acids is 1. The first-order chi connectivity index (χ1) is 9.49. The van der Waals surface area contributed by atoms with Crippen LogP contribution >= 0.6 is 24.0 Å². The zero-order valence-corrected chi connectivity index (χ0v) is 14.2. The second kappa shape index (κ2) is 10.0. The quantitative estimate of drug-likeness (QED) is 0.805. The van der Waals surface area contributed by atoms with E-state index in [4.69, 9.17) is 22.1 Å². The van der Waals surface area contributed by atoms with Crippen LogP contribution < -0.4 is 11.1 Å². The monoisotopic (exact) mass is 334 g/mol. The Morgan fingerprint density at radius 1 is 1.38 bits per heavy atom. The van der Waals surface area contributed by atoms with Gasteiger partial charge in [0.25, 0.3) is 0 Å². The standard InChI is InChI=1S/C15H23ClN2O2.ClH/c1-10(2)15(12-6-4-5-7-13(12)16)18-14(19)8-11(9-17)20-3;/h4-7,10-11,15H,8-9,17H2,1-3H3,(H,18,19);1H. The van der Waals surface area contributed by atoms with Gasteiger partial charge in [-0.3, -0.25) is 4.79 Å². The summed E-state index contributed by atoms with van der Waals surface area (Å²) in [7, 11) is 1.55. The molecule has 0 heterocycles. The highest BCUT2D eigenvalue weighted by atomic mass is 35.5. The van der Waals surface area contributed by atoms with Crippen LogP contribution in [-0.2, 0) is 9.53 Å². The molecule has 0 radical (unpaired) electrons. The van der Waals surface area contributed by atoms with Crippen LogP contribution in [0, 0.1) is 5.92 Å². The van der Waals surface area contributed by atoms with Gasteiger partial charge >= 0.3 is 0 Å². The van der Waals surface area contributed by atoms with Crippen molar-refractivity contribution in [2.24, 2.45) is 11.7 Å². The molecule has 6 heteroatoms. The third-order valence-corrected chi connectivity index (χ3v) is 3.58. The molecule has 2 unspecified atom stereocenters. The Hall–Kier alpha value is -0.810. The molecule has 0 aliphatic carbocycles. The number of ether oxygens (including phenoxy) is 1. The van der Waals surface area contributed by atoms with E-state index in [1.54, 1.807) is 7.11 Å². The Morgan fingerprint density at radius 3 is 2.48 bits per heavy atom. The van der Waals surface area contributed by atoms with Crippen molar-refractivity contribution in [2.75, 3.05) is 13.7 Å². The molecule has 120 valence electrons. The zero-order valence-electron chi connectivity index (χ0n) is 12.6. The number of nitrogens with two attached hydrogens (primary N) is 1. The molecule has 0 spiro atoms. The Morgan fingerprint density at radius 2 is 2.00 bits per heavy atom. The molecule has 2 atom stereocenters. The third-order valence-electron chi connectivity index (χ3n) is 3.23. The van der Waals surface area contributed by atoms with Crippen molar-refractivity contribution >= 4 is 29.9 Å². The minimum atomic E-state index is -0.256. The number of halogens is 2. The van der Waals surface area contributed by atoms with Crippen molar-refractivity contribution in [3.05, 3.63) is 34.9 Å². The van der Waals surface area contributed by atoms with Crippen molar-refractivity contribution in [1.82, 2.24) is 5.32 Å². The first-order valence-corrected chi connectivity index (χ1v) is 7.14. The van der Waals surface area contributed by atoms with Gasteiger partial charge in [0, 0.05) is 18.7 Å². The third kappa shape index (κ3) is 6.22. The Bertz CT molecular complexity index is 437. The first-order valence-electron chi connectivity index (χ1n) is 6.76. The van der Waals surface area contributed by atoms with Gasteiger partial charge in [0.05, 0.1) is 18.6 Å². The van der Waals surface area contributed by atoms with Crippen LogP contribution in [0.1, 0.15) is 31.9 Å². The Kier molecular flexibility index (Phi) is 9.62. The van der Waals surface area contributed by atoms with Gasteiger partial charge in [0.2, 0.25) is 5.91 Å². The normalized spacial score (nSPS) is 13.4. The number of amides is 1. The van der Waals surface area contributed by atoms with Gasteiger partial charge in [0.1, 0.15) is 0 Å². The first kappa shape index (κ1) is 20.2. The van der Waals surface area contributed by atoms with Gasteiger partial charge in [-0.25, -0.2) is 0 Å². The Labute approximate surface area is 137 Å². The molecular formula is C15H24Cl2N2O2. The molecule has 0 bridgehead atoms. The molecule has 0 saturated carbocycles. The molecule has 0 fully saturated rings. The lowest BCUT2D eigenvalue weighted by Crippen LogP contribution is -2.36. The summed E-state index contributed by atoms with van der Waals surface area (Å²) in [4.78, 5) is 12.1. The summed E-state index contributed by atoms with van der Waals surface area (Å²) < 4.78 is 5.13. The summed E-state index contributed by atoms with van der Waals surface area (Å²) in [6.07, 6.45) is -0.00483. The van der Waals surface area contributed by atoms with Gasteiger partial charge in [-0.1, -0.05) is 43.6 Å². The maximum atomic E-state index is 12.1. The largest absolute Gasteiger partial charge is 0.380 e. The highest BCUT2D eigenvalue weighted by Crippen LogP contribution is 2.28. The predicted octanol–water partition coefficient (Wildman–Crippen LogP) is 2.94. The van der Waals surface area contributed by atoms with E-state index < -0.39 is 0 Å². The Balaban J connectivity index is 0.00000400. The van der Waals surface area contributed by atoms with Crippen LogP contribution in [0.5, 0.6) is 0 Å². The minimum Gasteiger partial charge on any atom is -0.380 e. The SMILES string of the molecule is COC(CN)CC(=O)NC(c1ccccc1Cl)C(C)C.Cl. The lowest BCUT2D eigenvalue weighted by molar-refractivity contribution is -0.124. The summed E-state index contributed by atoms with van der Waals surface area (Å²) in [5.41, 5.74) is 6.46. The number of rotatable bonds is 7. The number of hydrogen-bond donors (Lipinski definition) is 2. The van der Waals surface area contributed by atoms with E-state index in [-0.39, 0.29) is 42.8 Å². The van der Waals surface area contributed by atoms with E-state index in [1.807, 2.05) is 38.1 Å². The van der Waals surface area contributed by atoms with Crippen molar-refractivity contribution in [3.63, 3.8) is 0 Å². The molecule has 0 saturated heterocycles. The van der Waals surface area contributed by atoms with Crippen molar-refractivity contribution < 1.29 is 9.53 Å². The van der Waals surface area contributed by atoms with Crippen LogP contribution in [-0.4, -0.2) is 25.7 Å². The van der Waals surface area contributed by atoms with Crippen LogP contribution in [0.3, 0.4) is 0 Å². The lowest BCUT2D eigenvalue weighted by Gasteiger charge is -2.24. The summed E-state index contributed by atoms with van der Waals surface area (Å²) in [5, 5.41) is 3.67. The maximum Gasteiger partial charge on any atom is 0.223 e. The average Bonchev–Trinajstić information content (AvgIpc) is 2.43. The number of nitrogens with one attached hydrogen (secondary N) is 1. The van der Waals surface area contributed by atoms with Crippen LogP contribution in [0.4, 0.5) is 0 Å². The van der Waals surface area contributed by atoms with Crippen molar-refractivity contribution in [3.8, 4) is 0 Å². The molecule has 3 N–H and O–H groups in total. The fourth-order valence-corrected chi connectivity index (χ4v) is 2.29. The fraction of sp³-hybridized carbons (Fsp3) is 0.533. The summed E-state index contributed by atoms with van der Waals surface area (Å²) in [6, 6.07) is 7.44. The van der Waals surface area contributed by atoms with E-state index >= 15 is 0 Å². The minimum absolute atomic E-state index is 0.